The van der Waals surface area contributed by atoms with Crippen LogP contribution >= 0.6 is 0 Å². The average molecular weight is 529 g/mol. The van der Waals surface area contributed by atoms with E-state index in [4.69, 9.17) is 0 Å². The second-order valence-corrected chi connectivity index (χ2v) is 10.9. The molecule has 0 bridgehead atoms. The molecule has 0 saturated carbocycles. The topological polar surface area (TPSA) is 125 Å². The predicted molar refractivity (Wildman–Crippen MR) is 103 cm³/mol. The summed E-state index contributed by atoms with van der Waals surface area (Å²) in [5, 5.41) is 7.39. The summed E-state index contributed by atoms with van der Waals surface area (Å²) in [6.45, 7) is 1.17. The largest absolute Gasteiger partial charge is 0.501 e. The van der Waals surface area contributed by atoms with E-state index in [1.165, 1.54) is 14.0 Å². The number of sulfone groups is 2. The molecule has 0 aliphatic carbocycles. The highest BCUT2D eigenvalue weighted by Gasteiger charge is 2.47. The fourth-order valence-corrected chi connectivity index (χ4v) is 4.62. The van der Waals surface area contributed by atoms with E-state index in [2.05, 4.69) is 20.2 Å². The average Bonchev–Trinajstić information content (AvgIpc) is 3.13. The fourth-order valence-electron chi connectivity index (χ4n) is 2.76. The molecule has 34 heavy (non-hydrogen) atoms. The van der Waals surface area contributed by atoms with Gasteiger partial charge in [0, 0.05) is 19.4 Å². The Morgan fingerprint density at radius 3 is 2.12 bits per heavy atom. The van der Waals surface area contributed by atoms with E-state index >= 15 is 0 Å². The fraction of sp³-hybridized carbons (Fsp3) is 0.294. The SMILES string of the molecule is CCS(=O)(=O)c1cc(S(=O)(=O)C(F)(F)F)cnc1-c1nnc(-c2cc(C(F)(F)F)ccn2)n1C. The Hall–Kier alpha value is -3.08. The standard InChI is InChI=1S/C17H13F6N5O4S2/c1-3-33(29,30)12-7-10(34(31,32)17(21,22)23)8-25-13(12)15-27-26-14(28(15)2)11-6-9(4-5-24-11)16(18,19)20/h4-8H,3H2,1-2H3. The van der Waals surface area contributed by atoms with Crippen LogP contribution < -0.4 is 0 Å². The van der Waals surface area contributed by atoms with Crippen LogP contribution in [0.2, 0.25) is 0 Å². The molecule has 0 aliphatic rings. The highest BCUT2D eigenvalue weighted by atomic mass is 32.2. The van der Waals surface area contributed by atoms with Gasteiger partial charge in [-0.3, -0.25) is 9.97 Å². The van der Waals surface area contributed by atoms with Gasteiger partial charge in [-0.15, -0.1) is 10.2 Å². The maximum Gasteiger partial charge on any atom is 0.501 e. The van der Waals surface area contributed by atoms with Gasteiger partial charge in [0.15, 0.2) is 21.5 Å². The molecular weight excluding hydrogens is 516 g/mol. The van der Waals surface area contributed by atoms with Gasteiger partial charge in [-0.2, -0.15) is 26.3 Å². The van der Waals surface area contributed by atoms with Gasteiger partial charge < -0.3 is 4.57 Å². The zero-order chi connectivity index (χ0) is 25.7. The van der Waals surface area contributed by atoms with E-state index in [0.717, 1.165) is 10.8 Å². The third-order valence-corrected chi connectivity index (χ3v) is 7.76. The van der Waals surface area contributed by atoms with Crippen LogP contribution in [0.25, 0.3) is 23.0 Å². The maximum absolute atomic E-state index is 13.0. The van der Waals surface area contributed by atoms with E-state index in [0.29, 0.717) is 24.4 Å². The molecule has 0 radical (unpaired) electrons. The van der Waals surface area contributed by atoms with Gasteiger partial charge in [-0.25, -0.2) is 16.8 Å². The van der Waals surface area contributed by atoms with Crippen LogP contribution in [0, 0.1) is 0 Å². The molecule has 0 saturated heterocycles. The number of aromatic nitrogens is 5. The summed E-state index contributed by atoms with van der Waals surface area (Å²) in [6, 6.07) is 1.69. The van der Waals surface area contributed by atoms with Crippen molar-refractivity contribution < 1.29 is 43.2 Å². The first-order chi connectivity index (χ1) is 15.5. The van der Waals surface area contributed by atoms with E-state index < -0.39 is 58.2 Å². The molecule has 0 spiro atoms. The lowest BCUT2D eigenvalue weighted by atomic mass is 10.2. The van der Waals surface area contributed by atoms with E-state index in [1.54, 1.807) is 0 Å². The molecule has 3 aromatic heterocycles. The second-order valence-electron chi connectivity index (χ2n) is 6.70. The molecule has 0 aromatic carbocycles. The van der Waals surface area contributed by atoms with Gasteiger partial charge in [0.1, 0.15) is 11.4 Å². The Balaban J connectivity index is 2.23. The highest BCUT2D eigenvalue weighted by molar-refractivity contribution is 7.92. The molecule has 0 unspecified atom stereocenters. The van der Waals surface area contributed by atoms with Crippen molar-refractivity contribution in [1.82, 2.24) is 24.7 Å². The first kappa shape index (κ1) is 25.5. The quantitative estimate of drug-likeness (QED) is 0.462. The van der Waals surface area contributed by atoms with Crippen molar-refractivity contribution in [2.45, 2.75) is 28.4 Å². The summed E-state index contributed by atoms with van der Waals surface area (Å²) in [7, 11) is -9.03. The first-order valence-electron chi connectivity index (χ1n) is 8.98. The summed E-state index contributed by atoms with van der Waals surface area (Å²) in [4.78, 5) is 5.09. The molecule has 0 N–H and O–H groups in total. The molecule has 0 atom stereocenters. The van der Waals surface area contributed by atoms with Crippen LogP contribution in [0.3, 0.4) is 0 Å². The lowest BCUT2D eigenvalue weighted by molar-refractivity contribution is -0.137. The molecule has 3 heterocycles. The van der Waals surface area contributed by atoms with Crippen molar-refractivity contribution in [3.05, 3.63) is 36.2 Å². The van der Waals surface area contributed by atoms with Gasteiger partial charge in [0.2, 0.25) is 0 Å². The van der Waals surface area contributed by atoms with E-state index in [1.807, 2.05) is 0 Å². The monoisotopic (exact) mass is 529 g/mol. The Kier molecular flexibility index (Phi) is 6.23. The summed E-state index contributed by atoms with van der Waals surface area (Å²) in [5.41, 5.74) is -7.59. The molecule has 9 nitrogen and oxygen atoms in total. The zero-order valence-electron chi connectivity index (χ0n) is 17.0. The zero-order valence-corrected chi connectivity index (χ0v) is 18.7. The third-order valence-electron chi connectivity index (χ3n) is 4.56. The van der Waals surface area contributed by atoms with Crippen LogP contribution in [0.1, 0.15) is 12.5 Å². The lowest BCUT2D eigenvalue weighted by Gasteiger charge is -2.12. The van der Waals surface area contributed by atoms with Gasteiger partial charge in [-0.05, 0) is 18.2 Å². The molecule has 184 valence electrons. The molecule has 0 amide bonds. The highest BCUT2D eigenvalue weighted by Crippen LogP contribution is 2.35. The molecule has 0 aliphatic heterocycles. The van der Waals surface area contributed by atoms with Crippen molar-refractivity contribution in [2.75, 3.05) is 5.75 Å². The van der Waals surface area contributed by atoms with Gasteiger partial charge in [0.25, 0.3) is 9.84 Å². The Morgan fingerprint density at radius 2 is 1.56 bits per heavy atom. The molecule has 17 heteroatoms. The van der Waals surface area contributed by atoms with Gasteiger partial charge in [0.05, 0.1) is 21.1 Å². The minimum atomic E-state index is -5.92. The molecule has 0 fully saturated rings. The first-order valence-corrected chi connectivity index (χ1v) is 12.1. The van der Waals surface area contributed by atoms with Crippen LogP contribution in [0.5, 0.6) is 0 Å². The van der Waals surface area contributed by atoms with Crippen molar-refractivity contribution in [3.63, 3.8) is 0 Å². The van der Waals surface area contributed by atoms with Crippen LogP contribution in [-0.4, -0.2) is 52.8 Å². The van der Waals surface area contributed by atoms with Gasteiger partial charge >= 0.3 is 11.7 Å². The lowest BCUT2D eigenvalue weighted by Crippen LogP contribution is -2.24. The molecule has 3 aromatic rings. The number of pyridine rings is 2. The van der Waals surface area contributed by atoms with Crippen LogP contribution in [0.15, 0.2) is 40.4 Å². The third kappa shape index (κ3) is 4.48. The molecule has 3 rings (SSSR count). The number of hydrogen-bond donors (Lipinski definition) is 0. The van der Waals surface area contributed by atoms with Crippen LogP contribution in [-0.2, 0) is 32.9 Å². The Bertz CT molecular complexity index is 1460. The van der Waals surface area contributed by atoms with Crippen molar-refractivity contribution in [3.8, 4) is 23.0 Å². The number of halogens is 6. The van der Waals surface area contributed by atoms with Gasteiger partial charge in [-0.1, -0.05) is 6.92 Å². The second kappa shape index (κ2) is 8.30. The smallest absolute Gasteiger partial charge is 0.307 e. The molecular formula is C17H13F6N5O4S2. The minimum Gasteiger partial charge on any atom is -0.307 e. The number of hydrogen-bond acceptors (Lipinski definition) is 8. The maximum atomic E-state index is 13.0. The van der Waals surface area contributed by atoms with Crippen molar-refractivity contribution in [2.24, 2.45) is 7.05 Å². The normalized spacial score (nSPS) is 13.3. The summed E-state index contributed by atoms with van der Waals surface area (Å²) >= 11 is 0. The number of rotatable bonds is 5. The predicted octanol–water partition coefficient (Wildman–Crippen LogP) is 3.05. The Labute approximate surface area is 188 Å². The summed E-state index contributed by atoms with van der Waals surface area (Å²) in [6.07, 6.45) is -3.51. The number of alkyl halides is 6. The summed E-state index contributed by atoms with van der Waals surface area (Å²) < 4.78 is 128. The van der Waals surface area contributed by atoms with E-state index in [-0.39, 0.29) is 17.3 Å². The minimum absolute atomic E-state index is 0.241. The summed E-state index contributed by atoms with van der Waals surface area (Å²) in [5.74, 6) is -1.23. The van der Waals surface area contributed by atoms with Crippen LogP contribution in [0.4, 0.5) is 26.3 Å². The number of nitrogens with zero attached hydrogens (tertiary/aromatic N) is 5. The van der Waals surface area contributed by atoms with Crippen molar-refractivity contribution >= 4 is 19.7 Å². The van der Waals surface area contributed by atoms with E-state index in [9.17, 15) is 43.2 Å². The van der Waals surface area contributed by atoms with Crippen molar-refractivity contribution in [1.29, 1.82) is 0 Å². The Morgan fingerprint density at radius 1 is 0.941 bits per heavy atom.